The summed E-state index contributed by atoms with van der Waals surface area (Å²) in [4.78, 5) is 23.0. The number of carbonyl (C=O) groups is 2. The number of nitrogens with one attached hydrogen (secondary N) is 1. The van der Waals surface area contributed by atoms with Crippen molar-refractivity contribution in [1.82, 2.24) is 5.32 Å². The number of rotatable bonds is 5. The maximum atomic E-state index is 11.7. The number of esters is 1. The Morgan fingerprint density at radius 3 is 2.90 bits per heavy atom. The van der Waals surface area contributed by atoms with Gasteiger partial charge in [-0.15, -0.1) is 0 Å². The van der Waals surface area contributed by atoms with E-state index in [1.54, 1.807) is 18.2 Å². The lowest BCUT2D eigenvalue weighted by Crippen LogP contribution is -2.29. The summed E-state index contributed by atoms with van der Waals surface area (Å²) in [7, 11) is 0. The van der Waals surface area contributed by atoms with Crippen molar-refractivity contribution in [3.63, 3.8) is 0 Å². The largest absolute Gasteiger partial charge is 0.450 e. The molecule has 2 rings (SSSR count). The van der Waals surface area contributed by atoms with E-state index in [-0.39, 0.29) is 18.7 Å². The highest BCUT2D eigenvalue weighted by Gasteiger charge is 2.14. The van der Waals surface area contributed by atoms with Crippen molar-refractivity contribution < 1.29 is 18.7 Å². The zero-order valence-electron chi connectivity index (χ0n) is 10.6. The lowest BCUT2D eigenvalue weighted by molar-refractivity contribution is -0.124. The van der Waals surface area contributed by atoms with Crippen LogP contribution in [-0.2, 0) is 9.53 Å². The third-order valence-electron chi connectivity index (χ3n) is 2.52. The lowest BCUT2D eigenvalue weighted by Gasteiger charge is -2.03. The fraction of sp³-hybridized carbons (Fsp3) is 0.214. The van der Waals surface area contributed by atoms with E-state index in [0.29, 0.717) is 5.58 Å². The second kappa shape index (κ2) is 6.38. The van der Waals surface area contributed by atoms with Gasteiger partial charge in [0.1, 0.15) is 5.58 Å². The molecule has 1 aromatic carbocycles. The normalized spacial score (nSPS) is 9.95. The van der Waals surface area contributed by atoms with Crippen LogP contribution in [0.25, 0.3) is 11.0 Å². The molecule has 1 aromatic heterocycles. The smallest absolute Gasteiger partial charge is 0.374 e. The first kappa shape index (κ1) is 13.6. The number of carbonyl (C=O) groups excluding carboxylic acids is 2. The standard InChI is InChI=1S/C14H12N2O4/c15-6-3-7-16-13(17)9-19-14(18)12-8-10-4-1-2-5-11(10)20-12/h1-2,4-5,8H,3,7,9H2,(H,16,17). The number of para-hydroxylation sites is 1. The van der Waals surface area contributed by atoms with Crippen LogP contribution in [0.2, 0.25) is 0 Å². The zero-order valence-corrected chi connectivity index (χ0v) is 10.6. The topological polar surface area (TPSA) is 92.3 Å². The molecule has 1 N–H and O–H groups in total. The summed E-state index contributed by atoms with van der Waals surface area (Å²) in [6, 6.07) is 10.6. The summed E-state index contributed by atoms with van der Waals surface area (Å²) in [5.41, 5.74) is 0.581. The summed E-state index contributed by atoms with van der Waals surface area (Å²) in [5, 5.41) is 11.6. The number of ether oxygens (including phenoxy) is 1. The van der Waals surface area contributed by atoms with Crippen LogP contribution in [0.5, 0.6) is 0 Å². The Morgan fingerprint density at radius 2 is 2.15 bits per heavy atom. The Morgan fingerprint density at radius 1 is 1.35 bits per heavy atom. The molecule has 2 aromatic rings. The highest BCUT2D eigenvalue weighted by Crippen LogP contribution is 2.19. The molecule has 0 unspecified atom stereocenters. The van der Waals surface area contributed by atoms with Crippen LogP contribution in [-0.4, -0.2) is 25.0 Å². The first-order valence-electron chi connectivity index (χ1n) is 6.00. The maximum absolute atomic E-state index is 11.7. The van der Waals surface area contributed by atoms with Gasteiger partial charge in [-0.2, -0.15) is 5.26 Å². The number of nitriles is 1. The number of amides is 1. The molecule has 6 nitrogen and oxygen atoms in total. The minimum atomic E-state index is -0.698. The average Bonchev–Trinajstić information content (AvgIpc) is 2.89. The fourth-order valence-corrected chi connectivity index (χ4v) is 1.59. The van der Waals surface area contributed by atoms with Crippen molar-refractivity contribution in [2.75, 3.05) is 13.2 Å². The van der Waals surface area contributed by atoms with E-state index in [1.807, 2.05) is 18.2 Å². The van der Waals surface area contributed by atoms with E-state index in [9.17, 15) is 9.59 Å². The number of fused-ring (bicyclic) bond motifs is 1. The molecule has 0 radical (unpaired) electrons. The Hall–Kier alpha value is -2.81. The van der Waals surface area contributed by atoms with E-state index in [4.69, 9.17) is 14.4 Å². The SMILES string of the molecule is N#CCCNC(=O)COC(=O)c1cc2ccccc2o1. The first-order chi connectivity index (χ1) is 9.70. The van der Waals surface area contributed by atoms with E-state index >= 15 is 0 Å². The van der Waals surface area contributed by atoms with Crippen LogP contribution in [0.4, 0.5) is 0 Å². The quantitative estimate of drug-likeness (QED) is 0.659. The van der Waals surface area contributed by atoms with E-state index in [2.05, 4.69) is 5.32 Å². The van der Waals surface area contributed by atoms with Gasteiger partial charge in [-0.3, -0.25) is 4.79 Å². The summed E-state index contributed by atoms with van der Waals surface area (Å²) in [6.45, 7) is -0.168. The Labute approximate surface area is 114 Å². The van der Waals surface area contributed by atoms with Crippen LogP contribution in [0, 0.1) is 11.3 Å². The number of hydrogen-bond donors (Lipinski definition) is 1. The Balaban J connectivity index is 1.89. The number of hydrogen-bond acceptors (Lipinski definition) is 5. The van der Waals surface area contributed by atoms with Crippen molar-refractivity contribution in [2.45, 2.75) is 6.42 Å². The monoisotopic (exact) mass is 272 g/mol. The minimum Gasteiger partial charge on any atom is -0.450 e. The molecule has 20 heavy (non-hydrogen) atoms. The lowest BCUT2D eigenvalue weighted by atomic mass is 10.2. The van der Waals surface area contributed by atoms with Gasteiger partial charge < -0.3 is 14.5 Å². The van der Waals surface area contributed by atoms with Crippen molar-refractivity contribution >= 4 is 22.8 Å². The Bertz CT molecular complexity index is 636. The van der Waals surface area contributed by atoms with Crippen molar-refractivity contribution in [2.24, 2.45) is 0 Å². The molecule has 0 atom stereocenters. The van der Waals surface area contributed by atoms with Gasteiger partial charge in [0.05, 0.1) is 12.5 Å². The molecule has 0 saturated heterocycles. The molecular formula is C14H12N2O4. The Kier molecular flexibility index (Phi) is 4.35. The van der Waals surface area contributed by atoms with Gasteiger partial charge in [0, 0.05) is 11.9 Å². The molecule has 1 heterocycles. The maximum Gasteiger partial charge on any atom is 0.374 e. The summed E-state index contributed by atoms with van der Waals surface area (Å²) in [5.74, 6) is -1.10. The van der Waals surface area contributed by atoms with Crippen LogP contribution < -0.4 is 5.32 Å². The van der Waals surface area contributed by atoms with E-state index < -0.39 is 18.5 Å². The predicted molar refractivity (Wildman–Crippen MR) is 69.7 cm³/mol. The molecule has 1 amide bonds. The number of furan rings is 1. The van der Waals surface area contributed by atoms with Gasteiger partial charge in [-0.05, 0) is 12.1 Å². The van der Waals surface area contributed by atoms with Crippen molar-refractivity contribution in [3.05, 3.63) is 36.1 Å². The molecule has 0 spiro atoms. The molecule has 6 heteroatoms. The van der Waals surface area contributed by atoms with Crippen molar-refractivity contribution in [1.29, 1.82) is 5.26 Å². The average molecular weight is 272 g/mol. The highest BCUT2D eigenvalue weighted by molar-refractivity contribution is 5.93. The predicted octanol–water partition coefficient (Wildman–Crippen LogP) is 1.62. The van der Waals surface area contributed by atoms with Gasteiger partial charge in [0.25, 0.3) is 5.91 Å². The summed E-state index contributed by atoms with van der Waals surface area (Å²) in [6.07, 6.45) is 0.212. The zero-order chi connectivity index (χ0) is 14.4. The molecule has 0 saturated carbocycles. The van der Waals surface area contributed by atoms with Gasteiger partial charge in [0.2, 0.25) is 5.76 Å². The third-order valence-corrected chi connectivity index (χ3v) is 2.52. The number of nitrogens with zero attached hydrogens (tertiary/aromatic N) is 1. The summed E-state index contributed by atoms with van der Waals surface area (Å²) < 4.78 is 10.1. The molecule has 0 aliphatic carbocycles. The minimum absolute atomic E-state index is 0.0519. The summed E-state index contributed by atoms with van der Waals surface area (Å²) >= 11 is 0. The molecule has 0 aliphatic rings. The second-order valence-electron chi connectivity index (χ2n) is 3.98. The van der Waals surface area contributed by atoms with Gasteiger partial charge >= 0.3 is 5.97 Å². The van der Waals surface area contributed by atoms with Crippen molar-refractivity contribution in [3.8, 4) is 6.07 Å². The molecule has 0 fully saturated rings. The highest BCUT2D eigenvalue weighted by atomic mass is 16.5. The molecular weight excluding hydrogens is 260 g/mol. The van der Waals surface area contributed by atoms with Gasteiger partial charge in [0.15, 0.2) is 6.61 Å². The van der Waals surface area contributed by atoms with Crippen LogP contribution in [0.1, 0.15) is 17.0 Å². The molecule has 0 aliphatic heterocycles. The molecule has 102 valence electrons. The fourth-order valence-electron chi connectivity index (χ4n) is 1.59. The number of benzene rings is 1. The van der Waals surface area contributed by atoms with Crippen LogP contribution in [0.3, 0.4) is 0 Å². The van der Waals surface area contributed by atoms with Gasteiger partial charge in [-0.25, -0.2) is 4.79 Å². The third kappa shape index (κ3) is 3.36. The van der Waals surface area contributed by atoms with Crippen LogP contribution >= 0.6 is 0 Å². The van der Waals surface area contributed by atoms with Crippen LogP contribution in [0.15, 0.2) is 34.7 Å². The van der Waals surface area contributed by atoms with Gasteiger partial charge in [-0.1, -0.05) is 18.2 Å². The molecule has 0 bridgehead atoms. The van der Waals surface area contributed by atoms with E-state index in [1.165, 1.54) is 0 Å². The first-order valence-corrected chi connectivity index (χ1v) is 6.00. The van der Waals surface area contributed by atoms with E-state index in [0.717, 1.165) is 5.39 Å². The second-order valence-corrected chi connectivity index (χ2v) is 3.98.